The fraction of sp³-hybridized carbons (Fsp3) is 0.944. The Bertz CT molecular complexity index is 293. The van der Waals surface area contributed by atoms with Crippen LogP contribution in [0, 0.1) is 0 Å². The van der Waals surface area contributed by atoms with Gasteiger partial charge in [-0.15, -0.1) is 0 Å². The van der Waals surface area contributed by atoms with Crippen molar-refractivity contribution in [3.8, 4) is 0 Å². The Balaban J connectivity index is 0. The summed E-state index contributed by atoms with van der Waals surface area (Å²) in [5.41, 5.74) is 0. The van der Waals surface area contributed by atoms with E-state index in [9.17, 15) is 23.1 Å². The van der Waals surface area contributed by atoms with Crippen molar-refractivity contribution in [2.75, 3.05) is 0 Å². The number of carbonyl (C=O) groups is 1. The zero-order valence-corrected chi connectivity index (χ0v) is 18.5. The molecule has 0 saturated heterocycles. The van der Waals surface area contributed by atoms with E-state index in [1.807, 2.05) is 6.92 Å². The molecule has 0 radical (unpaired) electrons. The maximum absolute atomic E-state index is 13.6. The van der Waals surface area contributed by atoms with E-state index >= 15 is 0 Å². The zero-order chi connectivity index (χ0) is 17.5. The second kappa shape index (κ2) is 18.7. The largest absolute Gasteiger partial charge is 1.00 e. The van der Waals surface area contributed by atoms with E-state index in [4.69, 9.17) is 0 Å². The maximum Gasteiger partial charge on any atom is 1.00 e. The first-order valence-corrected chi connectivity index (χ1v) is 9.07. The van der Waals surface area contributed by atoms with Crippen molar-refractivity contribution >= 4 is 5.97 Å². The summed E-state index contributed by atoms with van der Waals surface area (Å²) in [6.45, 7) is 2.03. The minimum absolute atomic E-state index is 0. The molecule has 0 aromatic rings. The van der Waals surface area contributed by atoms with Gasteiger partial charge < -0.3 is 9.90 Å². The van der Waals surface area contributed by atoms with Crippen LogP contribution in [0.15, 0.2) is 0 Å². The van der Waals surface area contributed by atoms with Gasteiger partial charge in [0.05, 0.1) is 0 Å². The van der Waals surface area contributed by atoms with Crippen LogP contribution in [0.5, 0.6) is 0 Å². The number of alkyl halides is 3. The van der Waals surface area contributed by atoms with Gasteiger partial charge in [0.15, 0.2) is 0 Å². The molecular formula is C18H32F3KO2. The summed E-state index contributed by atoms with van der Waals surface area (Å²) >= 11 is 0. The third kappa shape index (κ3) is 19.2. The first-order chi connectivity index (χ1) is 11.0. The van der Waals surface area contributed by atoms with Crippen LogP contribution < -0.4 is 56.5 Å². The number of aliphatic carboxylic acids is 1. The van der Waals surface area contributed by atoms with E-state index in [0.29, 0.717) is 25.7 Å². The predicted molar refractivity (Wildman–Crippen MR) is 85.4 cm³/mol. The second-order valence-electron chi connectivity index (χ2n) is 6.44. The van der Waals surface area contributed by atoms with E-state index in [2.05, 4.69) is 0 Å². The summed E-state index contributed by atoms with van der Waals surface area (Å²) in [5, 5.41) is 10.2. The van der Waals surface area contributed by atoms with Crippen LogP contribution in [-0.2, 0) is 4.79 Å². The maximum atomic E-state index is 13.6. The third-order valence-corrected chi connectivity index (χ3v) is 4.04. The summed E-state index contributed by atoms with van der Waals surface area (Å²) in [7, 11) is 0. The number of halogens is 3. The number of carbonyl (C=O) groups excluding carboxylic acids is 1. The number of hydrogen-bond donors (Lipinski definition) is 0. The van der Waals surface area contributed by atoms with Crippen molar-refractivity contribution in [3.05, 3.63) is 0 Å². The molecule has 0 aliphatic heterocycles. The third-order valence-electron chi connectivity index (χ3n) is 4.04. The normalized spacial score (nSPS) is 14.7. The van der Waals surface area contributed by atoms with E-state index in [-0.39, 0.29) is 70.6 Å². The average Bonchev–Trinajstić information content (AvgIpc) is 2.45. The van der Waals surface area contributed by atoms with Gasteiger partial charge in [0, 0.05) is 18.8 Å². The van der Waals surface area contributed by atoms with Gasteiger partial charge in [0.25, 0.3) is 0 Å². The molecule has 0 heterocycles. The summed E-state index contributed by atoms with van der Waals surface area (Å²) in [5.74, 6) is -1.04. The fourth-order valence-electron chi connectivity index (χ4n) is 2.67. The Morgan fingerprint density at radius 1 is 0.792 bits per heavy atom. The predicted octanol–water partition coefficient (Wildman–Crippen LogP) is 1.85. The minimum Gasteiger partial charge on any atom is -0.550 e. The molecule has 0 aliphatic rings. The Labute approximate surface area is 187 Å². The minimum atomic E-state index is -1.40. The van der Waals surface area contributed by atoms with Crippen LogP contribution in [0.25, 0.3) is 0 Å². The van der Waals surface area contributed by atoms with Crippen molar-refractivity contribution in [1.29, 1.82) is 0 Å². The fourth-order valence-corrected chi connectivity index (χ4v) is 2.67. The SMILES string of the molecule is CCCCCC(F)CC(F)CC(F)CCCCCCCC(=O)[O-].[K+]. The van der Waals surface area contributed by atoms with Gasteiger partial charge in [-0.25, -0.2) is 13.2 Å². The number of carboxylic acid groups (broad SMARTS) is 1. The summed E-state index contributed by atoms with van der Waals surface area (Å²) in [6, 6.07) is 0. The quantitative estimate of drug-likeness (QED) is 0.305. The smallest absolute Gasteiger partial charge is 0.550 e. The molecule has 138 valence electrons. The van der Waals surface area contributed by atoms with Crippen LogP contribution >= 0.6 is 0 Å². The van der Waals surface area contributed by atoms with E-state index in [1.165, 1.54) is 0 Å². The molecule has 0 aliphatic carbocycles. The average molecular weight is 377 g/mol. The molecule has 0 aromatic heterocycles. The van der Waals surface area contributed by atoms with Gasteiger partial charge in [-0.2, -0.15) is 0 Å². The molecule has 24 heavy (non-hydrogen) atoms. The molecule has 0 rings (SSSR count). The van der Waals surface area contributed by atoms with Crippen molar-refractivity contribution < 1.29 is 74.5 Å². The first kappa shape index (κ1) is 27.1. The molecule has 3 unspecified atom stereocenters. The summed E-state index contributed by atoms with van der Waals surface area (Å²) < 4.78 is 40.8. The second-order valence-corrected chi connectivity index (χ2v) is 6.44. The molecule has 0 spiro atoms. The molecular weight excluding hydrogens is 344 g/mol. The molecule has 0 bridgehead atoms. The van der Waals surface area contributed by atoms with Crippen LogP contribution in [0.3, 0.4) is 0 Å². The molecule has 0 amide bonds. The van der Waals surface area contributed by atoms with Gasteiger partial charge in [-0.05, 0) is 25.7 Å². The number of hydrogen-bond acceptors (Lipinski definition) is 2. The van der Waals surface area contributed by atoms with Crippen LogP contribution in [-0.4, -0.2) is 24.5 Å². The van der Waals surface area contributed by atoms with E-state index < -0.39 is 24.5 Å². The molecule has 0 fully saturated rings. The molecule has 0 N–H and O–H groups in total. The topological polar surface area (TPSA) is 40.1 Å². The van der Waals surface area contributed by atoms with Gasteiger partial charge >= 0.3 is 51.4 Å². The van der Waals surface area contributed by atoms with Crippen LogP contribution in [0.1, 0.15) is 90.4 Å². The van der Waals surface area contributed by atoms with Crippen LogP contribution in [0.2, 0.25) is 0 Å². The molecule has 0 aromatic carbocycles. The summed E-state index contributed by atoms with van der Waals surface area (Å²) in [4.78, 5) is 10.2. The van der Waals surface area contributed by atoms with Gasteiger partial charge in [0.2, 0.25) is 0 Å². The molecule has 0 saturated carbocycles. The Hall–Kier alpha value is 0.896. The monoisotopic (exact) mass is 376 g/mol. The number of unbranched alkanes of at least 4 members (excludes halogenated alkanes) is 6. The van der Waals surface area contributed by atoms with E-state index in [1.54, 1.807) is 0 Å². The van der Waals surface area contributed by atoms with Crippen molar-refractivity contribution in [2.24, 2.45) is 0 Å². The Kier molecular flexibility index (Phi) is 21.1. The number of carboxylic acids is 1. The van der Waals surface area contributed by atoms with Crippen molar-refractivity contribution in [2.45, 2.75) is 109 Å². The molecule has 6 heteroatoms. The van der Waals surface area contributed by atoms with Crippen molar-refractivity contribution in [3.63, 3.8) is 0 Å². The number of rotatable bonds is 16. The standard InChI is InChI=1S/C18H33F3O2.K/c1-2-3-7-10-15(19)13-17(21)14-16(20)11-8-5-4-6-9-12-18(22)23;/h15-17H,2-14H2,1H3,(H,22,23);/q;+1/p-1. The molecule has 3 atom stereocenters. The molecule has 2 nitrogen and oxygen atoms in total. The Morgan fingerprint density at radius 3 is 1.75 bits per heavy atom. The van der Waals surface area contributed by atoms with Crippen molar-refractivity contribution in [1.82, 2.24) is 0 Å². The van der Waals surface area contributed by atoms with Gasteiger partial charge in [0.1, 0.15) is 18.5 Å². The van der Waals surface area contributed by atoms with E-state index in [0.717, 1.165) is 38.5 Å². The Morgan fingerprint density at radius 2 is 1.25 bits per heavy atom. The van der Waals surface area contributed by atoms with Gasteiger partial charge in [-0.1, -0.05) is 51.9 Å². The van der Waals surface area contributed by atoms with Crippen LogP contribution in [0.4, 0.5) is 13.2 Å². The zero-order valence-electron chi connectivity index (χ0n) is 15.4. The first-order valence-electron chi connectivity index (χ1n) is 9.07. The van der Waals surface area contributed by atoms with Gasteiger partial charge in [-0.3, -0.25) is 0 Å². The summed E-state index contributed by atoms with van der Waals surface area (Å²) in [6.07, 6.45) is 2.99.